The van der Waals surface area contributed by atoms with E-state index < -0.39 is 0 Å². The Morgan fingerprint density at radius 3 is 2.84 bits per heavy atom. The Hall–Kier alpha value is -1.51. The number of likely N-dealkylation sites (tertiary alicyclic amines) is 1. The summed E-state index contributed by atoms with van der Waals surface area (Å²) in [6.07, 6.45) is 3.52. The van der Waals surface area contributed by atoms with E-state index in [1.165, 1.54) is 0 Å². The summed E-state index contributed by atoms with van der Waals surface area (Å²) in [7, 11) is 0. The van der Waals surface area contributed by atoms with Gasteiger partial charge in [0, 0.05) is 24.7 Å². The number of carbonyl (C=O) groups excluding carboxylic acids is 1. The first-order valence-corrected chi connectivity index (χ1v) is 7.24. The summed E-state index contributed by atoms with van der Waals surface area (Å²) in [6, 6.07) is 8.24. The van der Waals surface area contributed by atoms with Crippen molar-refractivity contribution < 1.29 is 4.79 Å². The number of carbonyl (C=O) groups is 1. The Bertz CT molecular complexity index is 444. The minimum atomic E-state index is 0.277. The fourth-order valence-corrected chi connectivity index (χ4v) is 2.99. The number of para-hydroxylation sites is 1. The molecule has 0 bridgehead atoms. The number of anilines is 1. The van der Waals surface area contributed by atoms with Crippen molar-refractivity contribution in [1.82, 2.24) is 4.90 Å². The number of hydrogen-bond donors (Lipinski definition) is 1. The van der Waals surface area contributed by atoms with Crippen LogP contribution in [0.4, 0.5) is 5.69 Å². The Kier molecular flexibility index (Phi) is 4.46. The molecular formula is C16H24N2O. The van der Waals surface area contributed by atoms with Crippen molar-refractivity contribution in [2.45, 2.75) is 45.6 Å². The highest BCUT2D eigenvalue weighted by molar-refractivity contribution is 5.77. The molecule has 1 aliphatic rings. The van der Waals surface area contributed by atoms with Crippen molar-refractivity contribution >= 4 is 11.6 Å². The first-order valence-electron chi connectivity index (χ1n) is 7.24. The number of benzene rings is 1. The van der Waals surface area contributed by atoms with Crippen LogP contribution in [0, 0.1) is 5.92 Å². The van der Waals surface area contributed by atoms with Crippen molar-refractivity contribution in [3.63, 3.8) is 0 Å². The van der Waals surface area contributed by atoms with Gasteiger partial charge in [-0.05, 0) is 36.8 Å². The summed E-state index contributed by atoms with van der Waals surface area (Å²) in [5, 5.41) is 0. The molecular weight excluding hydrogens is 236 g/mol. The van der Waals surface area contributed by atoms with Crippen molar-refractivity contribution in [2.75, 3.05) is 12.3 Å². The highest BCUT2D eigenvalue weighted by Gasteiger charge is 2.31. The second kappa shape index (κ2) is 6.09. The summed E-state index contributed by atoms with van der Waals surface area (Å²) >= 11 is 0. The molecule has 1 aliphatic heterocycles. The number of nitrogen functional groups attached to an aromatic ring is 1. The second-order valence-corrected chi connectivity index (χ2v) is 5.65. The maximum Gasteiger partial charge on any atom is 0.223 e. The Labute approximate surface area is 115 Å². The number of aryl methyl sites for hydroxylation is 1. The average Bonchev–Trinajstić information content (AvgIpc) is 2.79. The third-order valence-corrected chi connectivity index (χ3v) is 4.08. The van der Waals surface area contributed by atoms with Gasteiger partial charge in [0.05, 0.1) is 0 Å². The van der Waals surface area contributed by atoms with Gasteiger partial charge in [0.2, 0.25) is 5.91 Å². The van der Waals surface area contributed by atoms with Gasteiger partial charge < -0.3 is 10.6 Å². The molecule has 1 aromatic rings. The van der Waals surface area contributed by atoms with Gasteiger partial charge in [-0.2, -0.15) is 0 Å². The SMILES string of the molecule is CCC1CC(C)CN1C(=O)CCc1ccccc1N. The quantitative estimate of drug-likeness (QED) is 0.846. The van der Waals surface area contributed by atoms with E-state index in [1.54, 1.807) is 0 Å². The van der Waals surface area contributed by atoms with Crippen molar-refractivity contribution in [3.05, 3.63) is 29.8 Å². The lowest BCUT2D eigenvalue weighted by Crippen LogP contribution is -2.35. The van der Waals surface area contributed by atoms with E-state index in [1.807, 2.05) is 24.3 Å². The second-order valence-electron chi connectivity index (χ2n) is 5.65. The largest absolute Gasteiger partial charge is 0.399 e. The molecule has 1 heterocycles. The Balaban J connectivity index is 1.93. The van der Waals surface area contributed by atoms with Crippen LogP contribution >= 0.6 is 0 Å². The van der Waals surface area contributed by atoms with Crippen LogP contribution in [-0.4, -0.2) is 23.4 Å². The molecule has 0 aromatic heterocycles. The number of hydrogen-bond acceptors (Lipinski definition) is 2. The molecule has 0 aliphatic carbocycles. The molecule has 2 atom stereocenters. The zero-order valence-electron chi connectivity index (χ0n) is 11.9. The Morgan fingerprint density at radius 1 is 1.42 bits per heavy atom. The summed E-state index contributed by atoms with van der Waals surface area (Å²) in [5.41, 5.74) is 7.78. The number of amides is 1. The smallest absolute Gasteiger partial charge is 0.223 e. The average molecular weight is 260 g/mol. The molecule has 1 fully saturated rings. The van der Waals surface area contributed by atoms with Gasteiger partial charge in [-0.3, -0.25) is 4.79 Å². The third kappa shape index (κ3) is 3.28. The van der Waals surface area contributed by atoms with Crippen molar-refractivity contribution in [2.24, 2.45) is 5.92 Å². The minimum Gasteiger partial charge on any atom is -0.399 e. The molecule has 19 heavy (non-hydrogen) atoms. The summed E-state index contributed by atoms with van der Waals surface area (Å²) < 4.78 is 0. The van der Waals surface area contributed by atoms with Crippen molar-refractivity contribution in [1.29, 1.82) is 0 Å². The predicted octanol–water partition coefficient (Wildman–Crippen LogP) is 2.85. The topological polar surface area (TPSA) is 46.3 Å². The zero-order chi connectivity index (χ0) is 13.8. The van der Waals surface area contributed by atoms with Gasteiger partial charge in [-0.25, -0.2) is 0 Å². The molecule has 0 spiro atoms. The molecule has 1 amide bonds. The number of nitrogens with zero attached hydrogens (tertiary/aromatic N) is 1. The lowest BCUT2D eigenvalue weighted by Gasteiger charge is -2.23. The first kappa shape index (κ1) is 13.9. The molecule has 2 unspecified atom stereocenters. The van der Waals surface area contributed by atoms with Crippen LogP contribution < -0.4 is 5.73 Å². The Morgan fingerprint density at radius 2 is 2.16 bits per heavy atom. The van der Waals surface area contributed by atoms with Gasteiger partial charge in [0.25, 0.3) is 0 Å². The highest BCUT2D eigenvalue weighted by atomic mass is 16.2. The molecule has 1 aromatic carbocycles. The summed E-state index contributed by atoms with van der Waals surface area (Å²) in [6.45, 7) is 5.31. The van der Waals surface area contributed by atoms with Crippen molar-refractivity contribution in [3.8, 4) is 0 Å². The van der Waals surface area contributed by atoms with Gasteiger partial charge in [0.15, 0.2) is 0 Å². The first-order chi connectivity index (χ1) is 9.11. The highest BCUT2D eigenvalue weighted by Crippen LogP contribution is 2.26. The van der Waals surface area contributed by atoms with Crippen LogP contribution in [0.5, 0.6) is 0 Å². The standard InChI is InChI=1S/C16H24N2O/c1-3-14-10-12(2)11-18(14)16(19)9-8-13-6-4-5-7-15(13)17/h4-7,12,14H,3,8-11,17H2,1-2H3. The third-order valence-electron chi connectivity index (χ3n) is 4.08. The molecule has 1 saturated heterocycles. The van der Waals surface area contributed by atoms with E-state index in [0.29, 0.717) is 18.4 Å². The fraction of sp³-hybridized carbons (Fsp3) is 0.562. The fourth-order valence-electron chi connectivity index (χ4n) is 2.99. The van der Waals surface area contributed by atoms with Gasteiger partial charge in [-0.1, -0.05) is 32.0 Å². The van der Waals surface area contributed by atoms with Gasteiger partial charge in [-0.15, -0.1) is 0 Å². The number of nitrogens with two attached hydrogens (primary N) is 1. The number of rotatable bonds is 4. The van der Waals surface area contributed by atoms with E-state index in [0.717, 1.165) is 37.1 Å². The van der Waals surface area contributed by atoms with E-state index in [2.05, 4.69) is 18.7 Å². The molecule has 3 heteroatoms. The van der Waals surface area contributed by atoms with Crippen LogP contribution in [0.3, 0.4) is 0 Å². The molecule has 0 saturated carbocycles. The molecule has 2 rings (SSSR count). The van der Waals surface area contributed by atoms with Crippen LogP contribution in [0.25, 0.3) is 0 Å². The molecule has 0 radical (unpaired) electrons. The normalized spacial score (nSPS) is 22.7. The minimum absolute atomic E-state index is 0.277. The maximum atomic E-state index is 12.3. The van der Waals surface area contributed by atoms with E-state index in [4.69, 9.17) is 5.73 Å². The zero-order valence-corrected chi connectivity index (χ0v) is 11.9. The van der Waals surface area contributed by atoms with Crippen LogP contribution in [0.1, 0.15) is 38.7 Å². The van der Waals surface area contributed by atoms with Crippen LogP contribution in [0.15, 0.2) is 24.3 Å². The summed E-state index contributed by atoms with van der Waals surface area (Å²) in [4.78, 5) is 14.4. The lowest BCUT2D eigenvalue weighted by atomic mass is 10.1. The van der Waals surface area contributed by atoms with Gasteiger partial charge >= 0.3 is 0 Å². The maximum absolute atomic E-state index is 12.3. The van der Waals surface area contributed by atoms with E-state index >= 15 is 0 Å². The van der Waals surface area contributed by atoms with Crippen LogP contribution in [-0.2, 0) is 11.2 Å². The predicted molar refractivity (Wildman–Crippen MR) is 78.7 cm³/mol. The monoisotopic (exact) mass is 260 g/mol. The molecule has 3 nitrogen and oxygen atoms in total. The molecule has 104 valence electrons. The summed E-state index contributed by atoms with van der Waals surface area (Å²) in [5.74, 6) is 0.912. The van der Waals surface area contributed by atoms with Crippen LogP contribution in [0.2, 0.25) is 0 Å². The molecule has 2 N–H and O–H groups in total. The lowest BCUT2D eigenvalue weighted by molar-refractivity contribution is -0.132. The van der Waals surface area contributed by atoms with E-state index in [9.17, 15) is 4.79 Å². The van der Waals surface area contributed by atoms with E-state index in [-0.39, 0.29) is 5.91 Å². The van der Waals surface area contributed by atoms with Gasteiger partial charge in [0.1, 0.15) is 0 Å².